The van der Waals surface area contributed by atoms with Gasteiger partial charge in [-0.3, -0.25) is 9.36 Å². The van der Waals surface area contributed by atoms with E-state index in [2.05, 4.69) is 21.6 Å². The van der Waals surface area contributed by atoms with Crippen LogP contribution in [0.4, 0.5) is 0 Å². The number of hydrogen-bond donors (Lipinski definition) is 1. The summed E-state index contributed by atoms with van der Waals surface area (Å²) in [5.41, 5.74) is 0.599. The summed E-state index contributed by atoms with van der Waals surface area (Å²) in [6, 6.07) is 17.2. The van der Waals surface area contributed by atoms with Gasteiger partial charge in [-0.1, -0.05) is 49.3 Å². The van der Waals surface area contributed by atoms with Crippen LogP contribution in [0, 0.1) is 17.2 Å². The SMILES string of the molecule is CCOc1ccc(-n2c(SCC(=O)NC(C)(C#N)C(C)C)nnc2-c2ccccc2Cl)cc1. The summed E-state index contributed by atoms with van der Waals surface area (Å²) in [5, 5.41) is 22.1. The molecule has 3 aromatic rings. The monoisotopic (exact) mass is 483 g/mol. The molecule has 33 heavy (non-hydrogen) atoms. The molecule has 0 aliphatic rings. The molecule has 1 atom stereocenters. The smallest absolute Gasteiger partial charge is 0.231 e. The number of thioether (sulfide) groups is 1. The van der Waals surface area contributed by atoms with Gasteiger partial charge in [-0.25, -0.2) is 0 Å². The van der Waals surface area contributed by atoms with E-state index in [0.717, 1.165) is 17.0 Å². The highest BCUT2D eigenvalue weighted by Crippen LogP contribution is 2.32. The molecule has 1 amide bonds. The number of aromatic nitrogens is 3. The zero-order valence-corrected chi connectivity index (χ0v) is 20.6. The molecule has 7 nitrogen and oxygen atoms in total. The van der Waals surface area contributed by atoms with Gasteiger partial charge in [-0.15, -0.1) is 10.2 Å². The van der Waals surface area contributed by atoms with Gasteiger partial charge in [0.25, 0.3) is 0 Å². The third kappa shape index (κ3) is 5.67. The number of nitrogens with one attached hydrogen (secondary N) is 1. The Morgan fingerprint density at radius 3 is 2.55 bits per heavy atom. The largest absolute Gasteiger partial charge is 0.494 e. The molecule has 172 valence electrons. The Morgan fingerprint density at radius 2 is 1.94 bits per heavy atom. The lowest BCUT2D eigenvalue weighted by molar-refractivity contribution is -0.120. The first-order valence-corrected chi connectivity index (χ1v) is 11.9. The number of carbonyl (C=O) groups excluding carboxylic acids is 1. The maximum Gasteiger partial charge on any atom is 0.231 e. The number of amides is 1. The number of hydrogen-bond acceptors (Lipinski definition) is 6. The minimum Gasteiger partial charge on any atom is -0.494 e. The number of benzene rings is 2. The second-order valence-corrected chi connectivity index (χ2v) is 9.20. The van der Waals surface area contributed by atoms with Crippen LogP contribution in [0.15, 0.2) is 53.7 Å². The first kappa shape index (κ1) is 24.6. The molecule has 0 saturated heterocycles. The van der Waals surface area contributed by atoms with Crippen LogP contribution in [0.25, 0.3) is 17.1 Å². The van der Waals surface area contributed by atoms with E-state index in [4.69, 9.17) is 16.3 Å². The number of rotatable bonds is 9. The molecule has 2 aromatic carbocycles. The van der Waals surface area contributed by atoms with Crippen molar-refractivity contribution in [3.05, 3.63) is 53.6 Å². The van der Waals surface area contributed by atoms with Crippen LogP contribution in [0.2, 0.25) is 5.02 Å². The van der Waals surface area contributed by atoms with Crippen molar-refractivity contribution in [2.75, 3.05) is 12.4 Å². The lowest BCUT2D eigenvalue weighted by Crippen LogP contribution is -2.49. The van der Waals surface area contributed by atoms with Crippen LogP contribution >= 0.6 is 23.4 Å². The standard InChI is InChI=1S/C24H26ClN5O2S/c1-5-32-18-12-10-17(11-13-18)30-22(19-8-6-7-9-20(19)25)28-29-23(30)33-14-21(31)27-24(4,15-26)16(2)3/h6-13,16H,5,14H2,1-4H3,(H,27,31). The van der Waals surface area contributed by atoms with Crippen molar-refractivity contribution in [1.29, 1.82) is 5.26 Å². The molecule has 0 saturated carbocycles. The number of carbonyl (C=O) groups is 1. The second kappa shape index (κ2) is 10.7. The topological polar surface area (TPSA) is 92.8 Å². The Morgan fingerprint density at radius 1 is 1.24 bits per heavy atom. The van der Waals surface area contributed by atoms with Crippen molar-refractivity contribution < 1.29 is 9.53 Å². The maximum atomic E-state index is 12.6. The molecule has 0 aliphatic carbocycles. The van der Waals surface area contributed by atoms with Crippen LogP contribution in [-0.2, 0) is 4.79 Å². The number of ether oxygens (including phenoxy) is 1. The van der Waals surface area contributed by atoms with Gasteiger partial charge in [0.05, 0.1) is 23.5 Å². The van der Waals surface area contributed by atoms with E-state index in [0.29, 0.717) is 22.6 Å². The molecule has 1 N–H and O–H groups in total. The van der Waals surface area contributed by atoms with Crippen molar-refractivity contribution in [1.82, 2.24) is 20.1 Å². The minimum absolute atomic E-state index is 0.0317. The summed E-state index contributed by atoms with van der Waals surface area (Å²) in [7, 11) is 0. The quantitative estimate of drug-likeness (QED) is 0.424. The summed E-state index contributed by atoms with van der Waals surface area (Å²) in [6.45, 7) is 8.02. The van der Waals surface area contributed by atoms with E-state index in [9.17, 15) is 10.1 Å². The Labute approximate surface area is 203 Å². The Bertz CT molecular complexity index is 1160. The highest BCUT2D eigenvalue weighted by molar-refractivity contribution is 7.99. The highest BCUT2D eigenvalue weighted by atomic mass is 35.5. The second-order valence-electron chi connectivity index (χ2n) is 7.85. The summed E-state index contributed by atoms with van der Waals surface area (Å²) in [6.07, 6.45) is 0. The minimum atomic E-state index is -0.941. The van der Waals surface area contributed by atoms with Crippen molar-refractivity contribution in [2.24, 2.45) is 5.92 Å². The normalized spacial score (nSPS) is 12.8. The third-order valence-corrected chi connectivity index (χ3v) is 6.53. The summed E-state index contributed by atoms with van der Waals surface area (Å²) in [4.78, 5) is 12.6. The molecule has 0 radical (unpaired) electrons. The molecule has 1 aromatic heterocycles. The number of nitriles is 1. The Hall–Kier alpha value is -3.02. The molecule has 0 fully saturated rings. The molecular weight excluding hydrogens is 458 g/mol. The van der Waals surface area contributed by atoms with E-state index in [-0.39, 0.29) is 17.6 Å². The zero-order chi connectivity index (χ0) is 24.0. The average Bonchev–Trinajstić information content (AvgIpc) is 3.22. The molecule has 1 unspecified atom stereocenters. The summed E-state index contributed by atoms with van der Waals surface area (Å²) in [5.74, 6) is 1.12. The number of nitrogens with zero attached hydrogens (tertiary/aromatic N) is 4. The molecule has 1 heterocycles. The van der Waals surface area contributed by atoms with E-state index in [1.165, 1.54) is 11.8 Å². The zero-order valence-electron chi connectivity index (χ0n) is 19.0. The van der Waals surface area contributed by atoms with Crippen LogP contribution in [0.3, 0.4) is 0 Å². The van der Waals surface area contributed by atoms with Crippen molar-refractivity contribution >= 4 is 29.3 Å². The molecule has 0 spiro atoms. The predicted molar refractivity (Wildman–Crippen MR) is 131 cm³/mol. The predicted octanol–water partition coefficient (Wildman–Crippen LogP) is 5.13. The molecule has 0 aliphatic heterocycles. The van der Waals surface area contributed by atoms with Crippen molar-refractivity contribution in [3.63, 3.8) is 0 Å². The van der Waals surface area contributed by atoms with Crippen LogP contribution in [-0.4, -0.2) is 38.6 Å². The highest BCUT2D eigenvalue weighted by Gasteiger charge is 2.30. The first-order valence-electron chi connectivity index (χ1n) is 10.6. The molecule has 3 rings (SSSR count). The van der Waals surface area contributed by atoms with Crippen molar-refractivity contribution in [2.45, 2.75) is 38.4 Å². The lowest BCUT2D eigenvalue weighted by atomic mass is 9.90. The van der Waals surface area contributed by atoms with Gasteiger partial charge in [0.1, 0.15) is 11.3 Å². The third-order valence-electron chi connectivity index (χ3n) is 5.27. The fourth-order valence-electron chi connectivity index (χ4n) is 3.03. The van der Waals surface area contributed by atoms with Gasteiger partial charge in [0.15, 0.2) is 11.0 Å². The van der Waals surface area contributed by atoms with E-state index < -0.39 is 5.54 Å². The van der Waals surface area contributed by atoms with Crippen molar-refractivity contribution in [3.8, 4) is 28.9 Å². The van der Waals surface area contributed by atoms with Gasteiger partial charge in [-0.2, -0.15) is 5.26 Å². The van der Waals surface area contributed by atoms with E-state index in [1.54, 1.807) is 13.0 Å². The van der Waals surface area contributed by atoms with Gasteiger partial charge >= 0.3 is 0 Å². The van der Waals surface area contributed by atoms with Gasteiger partial charge in [-0.05, 0) is 56.2 Å². The average molecular weight is 484 g/mol. The van der Waals surface area contributed by atoms with E-state index >= 15 is 0 Å². The van der Waals surface area contributed by atoms with Crippen LogP contribution in [0.5, 0.6) is 5.75 Å². The molecule has 0 bridgehead atoms. The van der Waals surface area contributed by atoms with Crippen LogP contribution < -0.4 is 10.1 Å². The fraction of sp³-hybridized carbons (Fsp3) is 0.333. The van der Waals surface area contributed by atoms with E-state index in [1.807, 2.05) is 67.8 Å². The molecular formula is C24H26ClN5O2S. The van der Waals surface area contributed by atoms with Gasteiger partial charge in [0, 0.05) is 11.3 Å². The van der Waals surface area contributed by atoms with Gasteiger partial charge < -0.3 is 10.1 Å². The summed E-state index contributed by atoms with van der Waals surface area (Å²) < 4.78 is 7.41. The Kier molecular flexibility index (Phi) is 8.01. The Balaban J connectivity index is 1.93. The lowest BCUT2D eigenvalue weighted by Gasteiger charge is -2.27. The summed E-state index contributed by atoms with van der Waals surface area (Å²) >= 11 is 7.68. The first-order chi connectivity index (χ1) is 15.8. The number of halogens is 1. The van der Waals surface area contributed by atoms with Gasteiger partial charge in [0.2, 0.25) is 5.91 Å². The van der Waals surface area contributed by atoms with Crippen LogP contribution in [0.1, 0.15) is 27.7 Å². The maximum absolute atomic E-state index is 12.6. The molecule has 9 heteroatoms. The fourth-order valence-corrected chi connectivity index (χ4v) is 4.00.